The predicted octanol–water partition coefficient (Wildman–Crippen LogP) is 3.12. The van der Waals surface area contributed by atoms with E-state index in [-0.39, 0.29) is 5.78 Å². The lowest BCUT2D eigenvalue weighted by Crippen LogP contribution is -2.39. The quantitative estimate of drug-likeness (QED) is 0.597. The van der Waals surface area contributed by atoms with Gasteiger partial charge in [0, 0.05) is 12.0 Å². The number of ketones is 1. The number of rotatable bonds is 5. The lowest BCUT2D eigenvalue weighted by molar-refractivity contribution is -0.685. The van der Waals surface area contributed by atoms with Crippen molar-refractivity contribution in [3.05, 3.63) is 52.5 Å². The maximum Gasteiger partial charge on any atom is 0.237 e. The SMILES string of the molecule is CC(C)Cc1scc[n+]1CC(=O)c1ccccc1. The maximum atomic E-state index is 12.1. The highest BCUT2D eigenvalue weighted by Gasteiger charge is 2.18. The second kappa shape index (κ2) is 5.91. The zero-order valence-electron chi connectivity index (χ0n) is 10.8. The van der Waals surface area contributed by atoms with Gasteiger partial charge in [0.15, 0.2) is 6.20 Å². The van der Waals surface area contributed by atoms with Gasteiger partial charge >= 0.3 is 0 Å². The number of hydrogen-bond donors (Lipinski definition) is 0. The van der Waals surface area contributed by atoms with Crippen molar-refractivity contribution in [3.63, 3.8) is 0 Å². The Kier molecular flexibility index (Phi) is 4.26. The number of benzene rings is 1. The van der Waals surface area contributed by atoms with Gasteiger partial charge in [0.25, 0.3) is 0 Å². The van der Waals surface area contributed by atoms with E-state index in [9.17, 15) is 4.79 Å². The second-order valence-electron chi connectivity index (χ2n) is 4.81. The molecule has 2 nitrogen and oxygen atoms in total. The van der Waals surface area contributed by atoms with Gasteiger partial charge in [-0.3, -0.25) is 4.79 Å². The van der Waals surface area contributed by atoms with Crippen molar-refractivity contribution in [1.82, 2.24) is 0 Å². The monoisotopic (exact) mass is 260 g/mol. The van der Waals surface area contributed by atoms with Crippen molar-refractivity contribution in [2.45, 2.75) is 26.8 Å². The number of Topliss-reactive ketones (excluding diaryl/α,β-unsaturated/α-hetero) is 1. The van der Waals surface area contributed by atoms with Gasteiger partial charge in [0.2, 0.25) is 17.3 Å². The summed E-state index contributed by atoms with van der Waals surface area (Å²) in [6.45, 7) is 4.84. The summed E-state index contributed by atoms with van der Waals surface area (Å²) in [5.74, 6) is 0.783. The number of carbonyl (C=O) groups is 1. The average molecular weight is 260 g/mol. The van der Waals surface area contributed by atoms with Gasteiger partial charge in [-0.2, -0.15) is 4.57 Å². The predicted molar refractivity (Wildman–Crippen MR) is 73.8 cm³/mol. The van der Waals surface area contributed by atoms with E-state index in [1.54, 1.807) is 11.3 Å². The summed E-state index contributed by atoms with van der Waals surface area (Å²) >= 11 is 1.73. The topological polar surface area (TPSA) is 20.9 Å². The van der Waals surface area contributed by atoms with E-state index in [2.05, 4.69) is 23.8 Å². The van der Waals surface area contributed by atoms with E-state index in [1.807, 2.05) is 36.5 Å². The highest BCUT2D eigenvalue weighted by atomic mass is 32.1. The van der Waals surface area contributed by atoms with E-state index >= 15 is 0 Å². The van der Waals surface area contributed by atoms with Crippen LogP contribution >= 0.6 is 11.3 Å². The molecule has 3 heteroatoms. The molecule has 0 aliphatic carbocycles. The molecule has 0 amide bonds. The van der Waals surface area contributed by atoms with E-state index < -0.39 is 0 Å². The first kappa shape index (κ1) is 13.0. The zero-order valence-corrected chi connectivity index (χ0v) is 11.6. The minimum atomic E-state index is 0.170. The molecule has 0 saturated carbocycles. The van der Waals surface area contributed by atoms with E-state index in [4.69, 9.17) is 0 Å². The first-order valence-electron chi connectivity index (χ1n) is 6.21. The van der Waals surface area contributed by atoms with Crippen LogP contribution < -0.4 is 4.57 Å². The van der Waals surface area contributed by atoms with Crippen LogP contribution in [0.5, 0.6) is 0 Å². The van der Waals surface area contributed by atoms with Crippen LogP contribution in [0, 0.1) is 5.92 Å². The summed E-state index contributed by atoms with van der Waals surface area (Å²) in [7, 11) is 0. The van der Waals surface area contributed by atoms with E-state index in [0.717, 1.165) is 12.0 Å². The molecule has 0 bridgehead atoms. The Morgan fingerprint density at radius 2 is 2.00 bits per heavy atom. The number of thiazole rings is 1. The van der Waals surface area contributed by atoms with Crippen LogP contribution in [0.15, 0.2) is 41.9 Å². The van der Waals surface area contributed by atoms with Crippen molar-refractivity contribution < 1.29 is 9.36 Å². The van der Waals surface area contributed by atoms with Crippen molar-refractivity contribution in [2.24, 2.45) is 5.92 Å². The third-order valence-corrected chi connectivity index (χ3v) is 3.69. The lowest BCUT2D eigenvalue weighted by Gasteiger charge is -2.01. The molecule has 0 N–H and O–H groups in total. The molecule has 0 unspecified atom stereocenters. The second-order valence-corrected chi connectivity index (χ2v) is 5.79. The lowest BCUT2D eigenvalue weighted by atomic mass is 10.1. The molecule has 0 atom stereocenters. The van der Waals surface area contributed by atoms with Gasteiger partial charge in [-0.25, -0.2) is 0 Å². The number of aromatic nitrogens is 1. The summed E-state index contributed by atoms with van der Waals surface area (Å²) < 4.78 is 2.07. The van der Waals surface area contributed by atoms with Crippen molar-refractivity contribution in [1.29, 1.82) is 0 Å². The Bertz CT molecular complexity index is 516. The Morgan fingerprint density at radius 1 is 1.28 bits per heavy atom. The zero-order chi connectivity index (χ0) is 13.0. The molecule has 1 heterocycles. The standard InChI is InChI=1S/C15H18NOS/c1-12(2)10-15-16(8-9-18-15)11-14(17)13-6-4-3-5-7-13/h3-9,12H,10-11H2,1-2H3/q+1. The van der Waals surface area contributed by atoms with Crippen LogP contribution in [0.25, 0.3) is 0 Å². The fraction of sp³-hybridized carbons (Fsp3) is 0.333. The van der Waals surface area contributed by atoms with Gasteiger partial charge in [-0.05, 0) is 5.92 Å². The molecular weight excluding hydrogens is 242 g/mol. The number of hydrogen-bond acceptors (Lipinski definition) is 2. The highest BCUT2D eigenvalue weighted by Crippen LogP contribution is 2.10. The Labute approximate surface area is 112 Å². The fourth-order valence-corrected chi connectivity index (χ4v) is 2.91. The van der Waals surface area contributed by atoms with Crippen molar-refractivity contribution in [2.75, 3.05) is 0 Å². The molecule has 1 aromatic heterocycles. The molecule has 2 aromatic rings. The molecule has 0 radical (unpaired) electrons. The van der Waals surface area contributed by atoms with E-state index in [0.29, 0.717) is 12.5 Å². The summed E-state index contributed by atoms with van der Waals surface area (Å²) in [5.41, 5.74) is 0.784. The van der Waals surface area contributed by atoms with Crippen molar-refractivity contribution >= 4 is 17.1 Å². The average Bonchev–Trinajstić information content (AvgIpc) is 2.77. The number of nitrogens with zero attached hydrogens (tertiary/aromatic N) is 1. The van der Waals surface area contributed by atoms with Gasteiger partial charge in [-0.15, -0.1) is 0 Å². The van der Waals surface area contributed by atoms with Crippen LogP contribution in [0.3, 0.4) is 0 Å². The molecular formula is C15H18NOS+. The van der Waals surface area contributed by atoms with Gasteiger partial charge in [0.05, 0.1) is 5.38 Å². The van der Waals surface area contributed by atoms with Crippen molar-refractivity contribution in [3.8, 4) is 0 Å². The summed E-state index contributed by atoms with van der Waals surface area (Å²) in [4.78, 5) is 12.1. The van der Waals surface area contributed by atoms with Crippen LogP contribution in [0.1, 0.15) is 29.2 Å². The third kappa shape index (κ3) is 3.26. The van der Waals surface area contributed by atoms with Gasteiger partial charge in [-0.1, -0.05) is 55.5 Å². The minimum Gasteiger partial charge on any atom is -0.287 e. The normalized spacial score (nSPS) is 10.8. The van der Waals surface area contributed by atoms with E-state index in [1.165, 1.54) is 5.01 Å². The molecule has 0 fully saturated rings. The Morgan fingerprint density at radius 3 is 2.67 bits per heavy atom. The Balaban J connectivity index is 2.10. The first-order valence-corrected chi connectivity index (χ1v) is 7.09. The minimum absolute atomic E-state index is 0.170. The summed E-state index contributed by atoms with van der Waals surface area (Å²) in [5, 5.41) is 3.32. The van der Waals surface area contributed by atoms with Crippen LogP contribution in [0.2, 0.25) is 0 Å². The summed E-state index contributed by atoms with van der Waals surface area (Å²) in [6.07, 6.45) is 3.03. The first-order chi connectivity index (χ1) is 8.66. The van der Waals surface area contributed by atoms with Crippen LogP contribution in [-0.4, -0.2) is 5.78 Å². The molecule has 2 rings (SSSR count). The fourth-order valence-electron chi connectivity index (χ4n) is 1.86. The maximum absolute atomic E-state index is 12.1. The molecule has 18 heavy (non-hydrogen) atoms. The Hall–Kier alpha value is -1.48. The molecule has 94 valence electrons. The third-order valence-electron chi connectivity index (χ3n) is 2.76. The molecule has 0 aliphatic rings. The van der Waals surface area contributed by atoms with Crippen LogP contribution in [-0.2, 0) is 13.0 Å². The van der Waals surface area contributed by atoms with Gasteiger partial charge < -0.3 is 0 Å². The largest absolute Gasteiger partial charge is 0.287 e. The molecule has 0 saturated heterocycles. The smallest absolute Gasteiger partial charge is 0.237 e. The van der Waals surface area contributed by atoms with Gasteiger partial charge in [0.1, 0.15) is 0 Å². The van der Waals surface area contributed by atoms with Crippen LogP contribution in [0.4, 0.5) is 0 Å². The summed E-state index contributed by atoms with van der Waals surface area (Å²) in [6, 6.07) is 9.48. The molecule has 0 spiro atoms. The number of carbonyl (C=O) groups excluding carboxylic acids is 1. The molecule has 1 aromatic carbocycles. The molecule has 0 aliphatic heterocycles. The highest BCUT2D eigenvalue weighted by molar-refractivity contribution is 7.09.